The van der Waals surface area contributed by atoms with Gasteiger partial charge in [-0.15, -0.1) is 0 Å². The normalized spacial score (nSPS) is 9.65. The van der Waals surface area contributed by atoms with E-state index in [1.807, 2.05) is 6.07 Å². The van der Waals surface area contributed by atoms with Crippen LogP contribution in [0.1, 0.15) is 12.5 Å². The number of hydrogen-bond acceptors (Lipinski definition) is 6. The lowest BCUT2D eigenvalue weighted by Crippen LogP contribution is -2.21. The summed E-state index contributed by atoms with van der Waals surface area (Å²) < 4.78 is 9.24. The quantitative estimate of drug-likeness (QED) is 0.754. The molecule has 122 valence electrons. The van der Waals surface area contributed by atoms with Gasteiger partial charge in [0, 0.05) is 14.0 Å². The molecule has 0 heterocycles. The van der Waals surface area contributed by atoms with Gasteiger partial charge in [0.15, 0.2) is 6.61 Å². The van der Waals surface area contributed by atoms with Gasteiger partial charge in [-0.25, -0.2) is 0 Å². The van der Waals surface area contributed by atoms with Gasteiger partial charge in [-0.3, -0.25) is 14.4 Å². The van der Waals surface area contributed by atoms with E-state index in [-0.39, 0.29) is 28.6 Å². The summed E-state index contributed by atoms with van der Waals surface area (Å²) in [5.74, 6) is -1.71. The minimum absolute atomic E-state index is 0.0321. The van der Waals surface area contributed by atoms with Gasteiger partial charge in [0.1, 0.15) is 6.61 Å². The highest BCUT2D eigenvalue weighted by Gasteiger charge is 2.14. The van der Waals surface area contributed by atoms with E-state index in [2.05, 4.69) is 20.1 Å². The van der Waals surface area contributed by atoms with Crippen molar-refractivity contribution in [3.8, 4) is 6.07 Å². The molecule has 2 N–H and O–H groups in total. The van der Waals surface area contributed by atoms with Crippen molar-refractivity contribution in [2.75, 3.05) is 31.0 Å². The third-order valence-corrected chi connectivity index (χ3v) is 2.84. The second-order valence-corrected chi connectivity index (χ2v) is 4.68. The summed E-state index contributed by atoms with van der Waals surface area (Å²) in [5.41, 5.74) is 0.427. The van der Waals surface area contributed by atoms with E-state index in [1.54, 1.807) is 0 Å². The Kier molecular flexibility index (Phi) is 6.99. The highest BCUT2D eigenvalue weighted by Crippen LogP contribution is 2.32. The summed E-state index contributed by atoms with van der Waals surface area (Å²) in [6, 6.07) is 4.58. The Morgan fingerprint density at radius 1 is 1.17 bits per heavy atom. The Bertz CT molecular complexity index is 669. The Labute approximate surface area is 137 Å². The highest BCUT2D eigenvalue weighted by molar-refractivity contribution is 6.37. The number of rotatable bonds is 6. The molecule has 0 aromatic heterocycles. The first-order chi connectivity index (χ1) is 10.9. The molecule has 1 aromatic rings. The highest BCUT2D eigenvalue weighted by atomic mass is 35.5. The maximum absolute atomic E-state index is 11.7. The molecule has 0 aliphatic heterocycles. The van der Waals surface area contributed by atoms with Crippen LogP contribution in [0.25, 0.3) is 0 Å². The van der Waals surface area contributed by atoms with Crippen molar-refractivity contribution in [1.82, 2.24) is 0 Å². The van der Waals surface area contributed by atoms with Crippen molar-refractivity contribution >= 4 is 40.8 Å². The van der Waals surface area contributed by atoms with Crippen molar-refractivity contribution < 1.29 is 23.9 Å². The number of nitrogens with one attached hydrogen (secondary N) is 2. The number of amides is 2. The molecule has 23 heavy (non-hydrogen) atoms. The first-order valence-electron chi connectivity index (χ1n) is 6.33. The second kappa shape index (κ2) is 8.73. The number of carbonyl (C=O) groups is 3. The summed E-state index contributed by atoms with van der Waals surface area (Å²) in [5, 5.41) is 13.9. The van der Waals surface area contributed by atoms with Gasteiger partial charge in [-0.2, -0.15) is 5.26 Å². The number of carbonyl (C=O) groups excluding carboxylic acids is 3. The van der Waals surface area contributed by atoms with E-state index in [0.29, 0.717) is 0 Å². The van der Waals surface area contributed by atoms with Crippen molar-refractivity contribution in [1.29, 1.82) is 5.26 Å². The molecule has 1 rings (SSSR count). The number of ether oxygens (including phenoxy) is 2. The summed E-state index contributed by atoms with van der Waals surface area (Å²) in [6.45, 7) is 0.481. The molecule has 0 saturated heterocycles. The Balaban J connectivity index is 2.98. The summed E-state index contributed by atoms with van der Waals surface area (Å²) >= 11 is 6.10. The molecule has 1 aromatic carbocycles. The van der Waals surface area contributed by atoms with Crippen LogP contribution < -0.4 is 10.6 Å². The van der Waals surface area contributed by atoms with Crippen molar-refractivity contribution in [2.24, 2.45) is 0 Å². The van der Waals surface area contributed by atoms with Crippen LogP contribution in [0, 0.1) is 11.3 Å². The molecule has 0 spiro atoms. The molecule has 9 heteroatoms. The SMILES string of the molecule is COCC(=O)Nc1cc(C#N)cc(NC(=O)COC(C)=O)c1Cl. The molecule has 0 aliphatic rings. The van der Waals surface area contributed by atoms with Crippen LogP contribution in [0.3, 0.4) is 0 Å². The Morgan fingerprint density at radius 2 is 1.70 bits per heavy atom. The van der Waals surface area contributed by atoms with Crippen LogP contribution >= 0.6 is 11.6 Å². The van der Waals surface area contributed by atoms with Gasteiger partial charge in [-0.1, -0.05) is 11.6 Å². The van der Waals surface area contributed by atoms with Crippen molar-refractivity contribution in [3.63, 3.8) is 0 Å². The number of methoxy groups -OCH3 is 1. The molecular formula is C14H14ClN3O5. The van der Waals surface area contributed by atoms with Gasteiger partial charge >= 0.3 is 5.97 Å². The van der Waals surface area contributed by atoms with Gasteiger partial charge in [0.05, 0.1) is 28.0 Å². The van der Waals surface area contributed by atoms with Gasteiger partial charge in [0.25, 0.3) is 5.91 Å². The maximum Gasteiger partial charge on any atom is 0.303 e. The molecule has 0 fully saturated rings. The van der Waals surface area contributed by atoms with E-state index >= 15 is 0 Å². The number of nitriles is 1. The molecule has 0 atom stereocenters. The average Bonchev–Trinajstić information content (AvgIpc) is 2.49. The maximum atomic E-state index is 11.7. The number of esters is 1. The standard InChI is InChI=1S/C14H14ClN3O5/c1-8(19)23-7-13(21)18-11-4-9(5-16)3-10(14(11)15)17-12(20)6-22-2/h3-4H,6-7H2,1-2H3,(H,17,20)(H,18,21). The molecule has 0 bridgehead atoms. The van der Waals surface area contributed by atoms with Crippen LogP contribution in [-0.2, 0) is 23.9 Å². The second-order valence-electron chi connectivity index (χ2n) is 4.31. The van der Waals surface area contributed by atoms with Crippen LogP contribution in [-0.4, -0.2) is 38.1 Å². The third-order valence-electron chi connectivity index (χ3n) is 2.43. The van der Waals surface area contributed by atoms with E-state index in [4.69, 9.17) is 16.9 Å². The van der Waals surface area contributed by atoms with Crippen molar-refractivity contribution in [2.45, 2.75) is 6.92 Å². The van der Waals surface area contributed by atoms with Crippen molar-refractivity contribution in [3.05, 3.63) is 22.7 Å². The van der Waals surface area contributed by atoms with E-state index in [9.17, 15) is 14.4 Å². The molecule has 8 nitrogen and oxygen atoms in total. The monoisotopic (exact) mass is 339 g/mol. The minimum atomic E-state index is -0.633. The van der Waals surface area contributed by atoms with Crippen LogP contribution in [0.5, 0.6) is 0 Å². The van der Waals surface area contributed by atoms with Gasteiger partial charge in [0.2, 0.25) is 5.91 Å². The zero-order valence-electron chi connectivity index (χ0n) is 12.4. The fraction of sp³-hybridized carbons (Fsp3) is 0.286. The average molecular weight is 340 g/mol. The molecule has 0 radical (unpaired) electrons. The van der Waals surface area contributed by atoms with E-state index < -0.39 is 24.4 Å². The van der Waals surface area contributed by atoms with Crippen LogP contribution in [0.15, 0.2) is 12.1 Å². The number of nitrogens with zero attached hydrogens (tertiary/aromatic N) is 1. The van der Waals surface area contributed by atoms with Crippen LogP contribution in [0.2, 0.25) is 5.02 Å². The van der Waals surface area contributed by atoms with E-state index in [0.717, 1.165) is 0 Å². The minimum Gasteiger partial charge on any atom is -0.456 e. The molecule has 0 unspecified atom stereocenters. The Hall–Kier alpha value is -2.63. The van der Waals surface area contributed by atoms with Crippen LogP contribution in [0.4, 0.5) is 11.4 Å². The lowest BCUT2D eigenvalue weighted by molar-refractivity contribution is -0.144. The first-order valence-corrected chi connectivity index (χ1v) is 6.70. The number of anilines is 2. The zero-order valence-corrected chi connectivity index (χ0v) is 13.2. The largest absolute Gasteiger partial charge is 0.456 e. The third kappa shape index (κ3) is 5.94. The molecule has 2 amide bonds. The summed E-state index contributed by atoms with van der Waals surface area (Å²) in [4.78, 5) is 33.9. The van der Waals surface area contributed by atoms with Gasteiger partial charge in [-0.05, 0) is 12.1 Å². The molecule has 0 aliphatic carbocycles. The first kappa shape index (κ1) is 18.4. The fourth-order valence-electron chi connectivity index (χ4n) is 1.54. The predicted molar refractivity (Wildman–Crippen MR) is 81.9 cm³/mol. The summed E-state index contributed by atoms with van der Waals surface area (Å²) in [7, 11) is 1.35. The fourth-order valence-corrected chi connectivity index (χ4v) is 1.75. The Morgan fingerprint density at radius 3 is 2.13 bits per heavy atom. The number of halogens is 1. The van der Waals surface area contributed by atoms with Gasteiger partial charge < -0.3 is 20.1 Å². The topological polar surface area (TPSA) is 118 Å². The number of benzene rings is 1. The zero-order chi connectivity index (χ0) is 17.4. The lowest BCUT2D eigenvalue weighted by atomic mass is 10.2. The smallest absolute Gasteiger partial charge is 0.303 e. The molecular weight excluding hydrogens is 326 g/mol. The summed E-state index contributed by atoms with van der Waals surface area (Å²) in [6.07, 6.45) is 0. The molecule has 0 saturated carbocycles. The van der Waals surface area contributed by atoms with E-state index in [1.165, 1.54) is 26.2 Å². The number of hydrogen-bond donors (Lipinski definition) is 2. The lowest BCUT2D eigenvalue weighted by Gasteiger charge is -2.13. The predicted octanol–water partition coefficient (Wildman–Crippen LogP) is 1.30.